The summed E-state index contributed by atoms with van der Waals surface area (Å²) in [4.78, 5) is 11.9. The Labute approximate surface area is 99.1 Å². The fraction of sp³-hybridized carbons (Fsp3) is 0.417. The number of benzene rings is 1. The molecular weight excluding hydrogens is 224 g/mol. The molecule has 86 valence electrons. The van der Waals surface area contributed by atoms with Crippen molar-refractivity contribution in [1.82, 2.24) is 0 Å². The quantitative estimate of drug-likeness (QED) is 0.739. The van der Waals surface area contributed by atoms with Gasteiger partial charge in [0.25, 0.3) is 0 Å². The first-order valence-electron chi connectivity index (χ1n) is 5.16. The SMILES string of the molecule is COc1cc(SC2CC2)c(OC)cc1C=O. The second-order valence-electron chi connectivity index (χ2n) is 3.68. The Kier molecular flexibility index (Phi) is 3.39. The van der Waals surface area contributed by atoms with E-state index in [0.29, 0.717) is 16.6 Å². The third kappa shape index (κ3) is 2.32. The number of rotatable bonds is 5. The lowest BCUT2D eigenvalue weighted by Crippen LogP contribution is -1.95. The number of hydrogen-bond acceptors (Lipinski definition) is 4. The van der Waals surface area contributed by atoms with E-state index >= 15 is 0 Å². The van der Waals surface area contributed by atoms with Crippen molar-refractivity contribution in [3.05, 3.63) is 17.7 Å². The van der Waals surface area contributed by atoms with Crippen LogP contribution in [0, 0.1) is 0 Å². The minimum absolute atomic E-state index is 0.527. The van der Waals surface area contributed by atoms with Gasteiger partial charge in [-0.05, 0) is 25.0 Å². The van der Waals surface area contributed by atoms with Crippen LogP contribution in [-0.2, 0) is 0 Å². The fourth-order valence-electron chi connectivity index (χ4n) is 1.44. The molecule has 1 aromatic carbocycles. The monoisotopic (exact) mass is 238 g/mol. The van der Waals surface area contributed by atoms with Crippen LogP contribution in [0.4, 0.5) is 0 Å². The molecule has 2 rings (SSSR count). The summed E-state index contributed by atoms with van der Waals surface area (Å²) in [6, 6.07) is 3.61. The minimum atomic E-state index is 0.527. The first-order valence-corrected chi connectivity index (χ1v) is 6.04. The Balaban J connectivity index is 2.36. The lowest BCUT2D eigenvalue weighted by atomic mass is 10.2. The van der Waals surface area contributed by atoms with Crippen molar-refractivity contribution < 1.29 is 14.3 Å². The average molecular weight is 238 g/mol. The Morgan fingerprint density at radius 1 is 1.25 bits per heavy atom. The average Bonchev–Trinajstić information content (AvgIpc) is 3.12. The van der Waals surface area contributed by atoms with E-state index in [0.717, 1.165) is 16.9 Å². The number of carbonyl (C=O) groups is 1. The van der Waals surface area contributed by atoms with Gasteiger partial charge in [0.2, 0.25) is 0 Å². The van der Waals surface area contributed by atoms with Gasteiger partial charge in [-0.2, -0.15) is 0 Å². The molecule has 0 saturated heterocycles. The Morgan fingerprint density at radius 2 is 1.94 bits per heavy atom. The molecule has 0 radical (unpaired) electrons. The molecule has 4 heteroatoms. The van der Waals surface area contributed by atoms with Crippen LogP contribution < -0.4 is 9.47 Å². The van der Waals surface area contributed by atoms with Gasteiger partial charge in [-0.25, -0.2) is 0 Å². The second kappa shape index (κ2) is 4.78. The molecule has 0 N–H and O–H groups in total. The van der Waals surface area contributed by atoms with Crippen LogP contribution in [0.15, 0.2) is 17.0 Å². The van der Waals surface area contributed by atoms with Gasteiger partial charge in [0, 0.05) is 5.25 Å². The highest BCUT2D eigenvalue weighted by Crippen LogP contribution is 2.44. The molecule has 0 aliphatic heterocycles. The van der Waals surface area contributed by atoms with Crippen molar-refractivity contribution in [3.63, 3.8) is 0 Å². The van der Waals surface area contributed by atoms with Crippen LogP contribution in [0.25, 0.3) is 0 Å². The van der Waals surface area contributed by atoms with Gasteiger partial charge in [0.05, 0.1) is 24.7 Å². The molecule has 0 amide bonds. The molecule has 0 unspecified atom stereocenters. The van der Waals surface area contributed by atoms with E-state index in [9.17, 15) is 4.79 Å². The summed E-state index contributed by atoms with van der Waals surface area (Å²) in [5, 5.41) is 0.695. The molecule has 16 heavy (non-hydrogen) atoms. The van der Waals surface area contributed by atoms with Gasteiger partial charge in [-0.15, -0.1) is 11.8 Å². The van der Waals surface area contributed by atoms with Gasteiger partial charge in [-0.1, -0.05) is 0 Å². The topological polar surface area (TPSA) is 35.5 Å². The summed E-state index contributed by atoms with van der Waals surface area (Å²) in [6.07, 6.45) is 3.30. The maximum Gasteiger partial charge on any atom is 0.153 e. The third-order valence-electron chi connectivity index (χ3n) is 2.46. The van der Waals surface area contributed by atoms with Gasteiger partial charge in [-0.3, -0.25) is 4.79 Å². The van der Waals surface area contributed by atoms with Crippen molar-refractivity contribution in [3.8, 4) is 11.5 Å². The molecule has 1 aliphatic carbocycles. The Morgan fingerprint density at radius 3 is 2.44 bits per heavy atom. The van der Waals surface area contributed by atoms with E-state index in [1.54, 1.807) is 32.0 Å². The van der Waals surface area contributed by atoms with Crippen LogP contribution in [-0.4, -0.2) is 25.8 Å². The predicted molar refractivity (Wildman–Crippen MR) is 63.8 cm³/mol. The highest BCUT2D eigenvalue weighted by molar-refractivity contribution is 8.00. The molecular formula is C12H14O3S. The summed E-state index contributed by atoms with van der Waals surface area (Å²) in [6.45, 7) is 0. The molecule has 1 aromatic rings. The van der Waals surface area contributed by atoms with E-state index in [2.05, 4.69) is 0 Å². The standard InChI is InChI=1S/C12H14O3S/c1-14-10-6-12(16-9-3-4-9)11(15-2)5-8(10)7-13/h5-7,9H,3-4H2,1-2H3. The molecule has 0 spiro atoms. The van der Waals surface area contributed by atoms with E-state index in [4.69, 9.17) is 9.47 Å². The minimum Gasteiger partial charge on any atom is -0.496 e. The fourth-order valence-corrected chi connectivity index (χ4v) is 2.61. The normalized spacial score (nSPS) is 14.6. The van der Waals surface area contributed by atoms with Crippen molar-refractivity contribution in [2.24, 2.45) is 0 Å². The summed E-state index contributed by atoms with van der Waals surface area (Å²) in [5.41, 5.74) is 0.527. The largest absolute Gasteiger partial charge is 0.496 e. The highest BCUT2D eigenvalue weighted by Gasteiger charge is 2.24. The first-order chi connectivity index (χ1) is 7.78. The van der Waals surface area contributed by atoms with Crippen molar-refractivity contribution in [2.75, 3.05) is 14.2 Å². The maximum atomic E-state index is 10.9. The van der Waals surface area contributed by atoms with Gasteiger partial charge in [0.15, 0.2) is 6.29 Å². The number of carbonyl (C=O) groups excluding carboxylic acids is 1. The lowest BCUT2D eigenvalue weighted by molar-refractivity contribution is 0.112. The number of thioether (sulfide) groups is 1. The maximum absolute atomic E-state index is 10.9. The van der Waals surface area contributed by atoms with Crippen LogP contribution in [0.1, 0.15) is 23.2 Å². The van der Waals surface area contributed by atoms with Crippen molar-refractivity contribution >= 4 is 18.0 Å². The summed E-state index contributed by atoms with van der Waals surface area (Å²) in [5.74, 6) is 1.36. The molecule has 1 fully saturated rings. The molecule has 0 atom stereocenters. The molecule has 1 aliphatic rings. The molecule has 3 nitrogen and oxygen atoms in total. The first kappa shape index (κ1) is 11.3. The number of ether oxygens (including phenoxy) is 2. The predicted octanol–water partition coefficient (Wildman–Crippen LogP) is 2.77. The lowest BCUT2D eigenvalue weighted by Gasteiger charge is -2.11. The van der Waals surface area contributed by atoms with E-state index in [-0.39, 0.29) is 0 Å². The third-order valence-corrected chi connectivity index (χ3v) is 3.84. The van der Waals surface area contributed by atoms with Crippen molar-refractivity contribution in [2.45, 2.75) is 23.0 Å². The smallest absolute Gasteiger partial charge is 0.153 e. The Hall–Kier alpha value is -1.16. The van der Waals surface area contributed by atoms with Crippen LogP contribution in [0.2, 0.25) is 0 Å². The van der Waals surface area contributed by atoms with E-state index < -0.39 is 0 Å². The highest BCUT2D eigenvalue weighted by atomic mass is 32.2. The van der Waals surface area contributed by atoms with Crippen molar-refractivity contribution in [1.29, 1.82) is 0 Å². The zero-order valence-electron chi connectivity index (χ0n) is 9.36. The van der Waals surface area contributed by atoms with Crippen LogP contribution in [0.5, 0.6) is 11.5 Å². The summed E-state index contributed by atoms with van der Waals surface area (Å²) < 4.78 is 10.5. The van der Waals surface area contributed by atoms with E-state index in [1.807, 2.05) is 6.07 Å². The van der Waals surface area contributed by atoms with Gasteiger partial charge in [0.1, 0.15) is 11.5 Å². The van der Waals surface area contributed by atoms with Gasteiger partial charge >= 0.3 is 0 Å². The number of methoxy groups -OCH3 is 2. The summed E-state index contributed by atoms with van der Waals surface area (Å²) in [7, 11) is 3.19. The molecule has 1 saturated carbocycles. The Bertz CT molecular complexity index is 399. The van der Waals surface area contributed by atoms with E-state index in [1.165, 1.54) is 12.8 Å². The number of aldehydes is 1. The number of hydrogen-bond donors (Lipinski definition) is 0. The van der Waals surface area contributed by atoms with Crippen LogP contribution in [0.3, 0.4) is 0 Å². The zero-order valence-corrected chi connectivity index (χ0v) is 10.2. The molecule has 0 aromatic heterocycles. The second-order valence-corrected chi connectivity index (χ2v) is 5.02. The summed E-state index contributed by atoms with van der Waals surface area (Å²) >= 11 is 1.79. The molecule has 0 bridgehead atoms. The molecule has 0 heterocycles. The zero-order chi connectivity index (χ0) is 11.5. The van der Waals surface area contributed by atoms with Gasteiger partial charge < -0.3 is 9.47 Å². The van der Waals surface area contributed by atoms with Crippen LogP contribution >= 0.6 is 11.8 Å².